The van der Waals surface area contributed by atoms with Gasteiger partial charge >= 0.3 is 0 Å². The predicted molar refractivity (Wildman–Crippen MR) is 161 cm³/mol. The molecule has 0 unspecified atom stereocenters. The van der Waals surface area contributed by atoms with Gasteiger partial charge in [0.15, 0.2) is 12.4 Å². The van der Waals surface area contributed by atoms with Crippen LogP contribution in [0.5, 0.6) is 11.5 Å². The highest BCUT2D eigenvalue weighted by atomic mass is 16.5. The first-order valence-corrected chi connectivity index (χ1v) is 14.9. The van der Waals surface area contributed by atoms with E-state index in [2.05, 4.69) is 22.5 Å². The zero-order valence-corrected chi connectivity index (χ0v) is 24.8. The summed E-state index contributed by atoms with van der Waals surface area (Å²) in [5, 5.41) is 17.3. The van der Waals surface area contributed by atoms with Crippen molar-refractivity contribution in [1.82, 2.24) is 20.4 Å². The number of benzene rings is 2. The van der Waals surface area contributed by atoms with E-state index >= 15 is 0 Å². The minimum absolute atomic E-state index is 0.0679. The minimum Gasteiger partial charge on any atom is -0.619 e. The van der Waals surface area contributed by atoms with E-state index in [1.807, 2.05) is 29.2 Å². The molecule has 3 amide bonds. The molecule has 0 radical (unpaired) electrons. The van der Waals surface area contributed by atoms with Crippen LogP contribution in [0.1, 0.15) is 54.1 Å². The number of rotatable bonds is 10. The van der Waals surface area contributed by atoms with Gasteiger partial charge in [-0.15, -0.1) is 0 Å². The van der Waals surface area contributed by atoms with E-state index in [-0.39, 0.29) is 17.7 Å². The van der Waals surface area contributed by atoms with Crippen molar-refractivity contribution in [1.29, 1.82) is 0 Å². The Kier molecular flexibility index (Phi) is 9.25. The molecule has 5 rings (SSSR count). The molecular weight excluding hydrogens is 546 g/mol. The second kappa shape index (κ2) is 13.2. The van der Waals surface area contributed by atoms with Crippen molar-refractivity contribution < 1.29 is 23.9 Å². The summed E-state index contributed by atoms with van der Waals surface area (Å²) < 4.78 is 6.65. The number of hydrogen-bond acceptors (Lipinski definition) is 6. The topological polar surface area (TPSA) is 118 Å². The summed E-state index contributed by atoms with van der Waals surface area (Å²) in [6.45, 7) is 4.74. The Hall–Kier alpha value is -4.44. The van der Waals surface area contributed by atoms with Gasteiger partial charge in [-0.1, -0.05) is 25.5 Å². The summed E-state index contributed by atoms with van der Waals surface area (Å²) >= 11 is 0. The van der Waals surface area contributed by atoms with Crippen LogP contribution >= 0.6 is 0 Å². The molecule has 2 aliphatic heterocycles. The van der Waals surface area contributed by atoms with Gasteiger partial charge in [0.05, 0.1) is 0 Å². The number of piperidine rings is 1. The summed E-state index contributed by atoms with van der Waals surface area (Å²) in [6.07, 6.45) is 6.03. The summed E-state index contributed by atoms with van der Waals surface area (Å²) in [7, 11) is 1.60. The zero-order chi connectivity index (χ0) is 30.4. The zero-order valence-electron chi connectivity index (χ0n) is 24.8. The number of amides is 3. The molecule has 3 aromatic rings. The molecule has 2 N–H and O–H groups in total. The number of aromatic nitrogens is 1. The van der Waals surface area contributed by atoms with Crippen LogP contribution in [0.25, 0.3) is 0 Å². The van der Waals surface area contributed by atoms with Crippen molar-refractivity contribution >= 4 is 17.7 Å². The number of nitrogens with zero attached hydrogens (tertiary/aromatic N) is 3. The van der Waals surface area contributed by atoms with Gasteiger partial charge in [-0.05, 0) is 67.3 Å². The van der Waals surface area contributed by atoms with Crippen LogP contribution in [0.4, 0.5) is 0 Å². The molecule has 1 atom stereocenters. The fraction of sp³-hybridized carbons (Fsp3) is 0.394. The Morgan fingerprint density at radius 2 is 1.72 bits per heavy atom. The molecule has 3 heterocycles. The standard InChI is InChI=1S/C33H39N5O5/c1-3-4-18-38-31(40)29(21-25-6-5-17-37(42)23-25)35-32(41)33(38)15-19-36(20-16-33)22-24-7-11-27(12-8-24)43-28-13-9-26(10-14-28)30(39)34-2/h5-14,17,23,29H,3-4,15-16,18-22H2,1-2H3,(H,34,39)(H,35,41)/t29-/m0/s1. The Morgan fingerprint density at radius 1 is 1.05 bits per heavy atom. The van der Waals surface area contributed by atoms with Crippen LogP contribution in [-0.2, 0) is 22.6 Å². The highest BCUT2D eigenvalue weighted by Gasteiger charge is 2.53. The Bertz CT molecular complexity index is 1430. The third-order valence-electron chi connectivity index (χ3n) is 8.41. The summed E-state index contributed by atoms with van der Waals surface area (Å²) in [5.74, 6) is 1.04. The number of carbonyl (C=O) groups excluding carboxylic acids is 3. The lowest BCUT2D eigenvalue weighted by atomic mass is 9.81. The lowest BCUT2D eigenvalue weighted by molar-refractivity contribution is -0.605. The smallest absolute Gasteiger partial charge is 0.251 e. The first kappa shape index (κ1) is 30.0. The molecular formula is C33H39N5O5. The number of unbranched alkanes of at least 4 members (excludes halogenated alkanes) is 1. The van der Waals surface area contributed by atoms with E-state index in [0.717, 1.165) is 24.9 Å². The van der Waals surface area contributed by atoms with Crippen molar-refractivity contribution in [2.75, 3.05) is 26.7 Å². The van der Waals surface area contributed by atoms with Gasteiger partial charge in [-0.3, -0.25) is 19.3 Å². The first-order chi connectivity index (χ1) is 20.8. The van der Waals surface area contributed by atoms with Crippen LogP contribution in [-0.4, -0.2) is 65.8 Å². The maximum Gasteiger partial charge on any atom is 0.251 e. The number of carbonyl (C=O) groups is 3. The normalized spacial score (nSPS) is 18.4. The Balaban J connectivity index is 1.20. The fourth-order valence-corrected chi connectivity index (χ4v) is 5.97. The average molecular weight is 586 g/mol. The quantitative estimate of drug-likeness (QED) is 0.279. The Labute approximate surface area is 252 Å². The maximum atomic E-state index is 13.7. The van der Waals surface area contributed by atoms with Gasteiger partial charge in [0.25, 0.3) is 5.91 Å². The van der Waals surface area contributed by atoms with E-state index in [0.29, 0.717) is 66.3 Å². The van der Waals surface area contributed by atoms with Crippen molar-refractivity contribution in [2.45, 2.75) is 57.2 Å². The number of piperazine rings is 1. The van der Waals surface area contributed by atoms with Gasteiger partial charge < -0.3 is 25.5 Å². The van der Waals surface area contributed by atoms with Gasteiger partial charge in [0.1, 0.15) is 23.1 Å². The van der Waals surface area contributed by atoms with Crippen LogP contribution in [0.15, 0.2) is 73.1 Å². The molecule has 2 aromatic carbocycles. The summed E-state index contributed by atoms with van der Waals surface area (Å²) in [4.78, 5) is 43.3. The van der Waals surface area contributed by atoms with Gasteiger partial charge in [0, 0.05) is 56.8 Å². The Morgan fingerprint density at radius 3 is 2.35 bits per heavy atom. The molecule has 2 aliphatic rings. The third kappa shape index (κ3) is 6.80. The minimum atomic E-state index is -0.848. The van der Waals surface area contributed by atoms with Crippen molar-refractivity contribution in [3.63, 3.8) is 0 Å². The number of hydrogen-bond donors (Lipinski definition) is 2. The first-order valence-electron chi connectivity index (χ1n) is 14.9. The molecule has 0 bridgehead atoms. The number of nitrogens with one attached hydrogen (secondary N) is 2. The van der Waals surface area contributed by atoms with Gasteiger partial charge in [-0.25, -0.2) is 0 Å². The average Bonchev–Trinajstić information content (AvgIpc) is 3.02. The van der Waals surface area contributed by atoms with Gasteiger partial charge in [-0.2, -0.15) is 4.73 Å². The molecule has 0 saturated carbocycles. The summed E-state index contributed by atoms with van der Waals surface area (Å²) in [5.41, 5.74) is 1.57. The predicted octanol–water partition coefficient (Wildman–Crippen LogP) is 3.18. The van der Waals surface area contributed by atoms with Crippen molar-refractivity contribution in [2.24, 2.45) is 0 Å². The number of likely N-dealkylation sites (tertiary alicyclic amines) is 1. The molecule has 2 saturated heterocycles. The molecule has 226 valence electrons. The van der Waals surface area contributed by atoms with E-state index in [1.165, 1.54) is 12.4 Å². The van der Waals surface area contributed by atoms with Crippen LogP contribution < -0.4 is 20.1 Å². The maximum absolute atomic E-state index is 13.7. The van der Waals surface area contributed by atoms with Crippen LogP contribution in [0, 0.1) is 5.21 Å². The highest BCUT2D eigenvalue weighted by Crippen LogP contribution is 2.34. The molecule has 10 heteroatoms. The lowest BCUT2D eigenvalue weighted by Gasteiger charge is -2.51. The molecule has 2 fully saturated rings. The van der Waals surface area contributed by atoms with E-state index in [4.69, 9.17) is 4.74 Å². The van der Waals surface area contributed by atoms with Crippen molar-refractivity contribution in [3.8, 4) is 11.5 Å². The summed E-state index contributed by atoms with van der Waals surface area (Å²) in [6, 6.07) is 17.7. The lowest BCUT2D eigenvalue weighted by Crippen LogP contribution is -2.73. The SMILES string of the molecule is CCCCN1C(=O)[C@H](Cc2ccc[n+]([O-])c2)NC(=O)C12CCN(Cc1ccc(Oc3ccc(C(=O)NC)cc3)cc1)CC2. The molecule has 10 nitrogen and oxygen atoms in total. The largest absolute Gasteiger partial charge is 0.619 e. The van der Waals surface area contributed by atoms with Gasteiger partial charge in [0.2, 0.25) is 11.8 Å². The van der Waals surface area contributed by atoms with E-state index < -0.39 is 11.6 Å². The monoisotopic (exact) mass is 585 g/mol. The van der Waals surface area contributed by atoms with Crippen LogP contribution in [0.3, 0.4) is 0 Å². The molecule has 0 aliphatic carbocycles. The number of pyridine rings is 1. The second-order valence-electron chi connectivity index (χ2n) is 11.3. The molecule has 1 aromatic heterocycles. The molecule has 43 heavy (non-hydrogen) atoms. The highest BCUT2D eigenvalue weighted by molar-refractivity contribution is 6.00. The fourth-order valence-electron chi connectivity index (χ4n) is 5.97. The molecule has 1 spiro atoms. The van der Waals surface area contributed by atoms with Crippen molar-refractivity contribution in [3.05, 3.63) is 95.0 Å². The third-order valence-corrected chi connectivity index (χ3v) is 8.41. The second-order valence-corrected chi connectivity index (χ2v) is 11.3. The van der Waals surface area contributed by atoms with Crippen LogP contribution in [0.2, 0.25) is 0 Å². The van der Waals surface area contributed by atoms with E-state index in [9.17, 15) is 19.6 Å². The number of ether oxygens (including phenoxy) is 1. The van der Waals surface area contributed by atoms with E-state index in [1.54, 1.807) is 43.4 Å².